The molecular formula is C15H17NO3. The smallest absolute Gasteiger partial charge is 0.189 e. The molecule has 4 heteroatoms. The molecule has 0 spiro atoms. The normalized spacial score (nSPS) is 10.2. The van der Waals surface area contributed by atoms with Crippen LogP contribution in [0.5, 0.6) is 11.5 Å². The Morgan fingerprint density at radius 1 is 1.00 bits per heavy atom. The summed E-state index contributed by atoms with van der Waals surface area (Å²) in [5.41, 5.74) is 7.41. The van der Waals surface area contributed by atoms with Gasteiger partial charge in [0.1, 0.15) is 0 Å². The van der Waals surface area contributed by atoms with Crippen molar-refractivity contribution < 1.29 is 14.2 Å². The minimum absolute atomic E-state index is 0.162. The lowest BCUT2D eigenvalue weighted by Crippen LogP contribution is -2.04. The van der Waals surface area contributed by atoms with Crippen LogP contribution in [0.4, 0.5) is 5.69 Å². The number of hydrogen-bond donors (Lipinski definition) is 1. The predicted molar refractivity (Wildman–Crippen MR) is 74.1 cm³/mol. The summed E-state index contributed by atoms with van der Waals surface area (Å²) < 4.78 is 16.1. The summed E-state index contributed by atoms with van der Waals surface area (Å²) in [6.07, 6.45) is 0. The fourth-order valence-electron chi connectivity index (χ4n) is 1.64. The van der Waals surface area contributed by atoms with Crippen LogP contribution in [-0.2, 0) is 11.3 Å². The Hall–Kier alpha value is -2.20. The summed E-state index contributed by atoms with van der Waals surface area (Å²) in [5.74, 6) is 1.22. The number of anilines is 1. The van der Waals surface area contributed by atoms with Crippen molar-refractivity contribution in [1.82, 2.24) is 0 Å². The average Bonchev–Trinajstić information content (AvgIpc) is 2.46. The second-order valence-electron chi connectivity index (χ2n) is 4.01. The minimum atomic E-state index is 0.162. The SMILES string of the molecule is COc1cc(N)ccc1OCOCc1ccccc1. The maximum absolute atomic E-state index is 5.67. The third-order valence-electron chi connectivity index (χ3n) is 2.60. The summed E-state index contributed by atoms with van der Waals surface area (Å²) in [4.78, 5) is 0. The van der Waals surface area contributed by atoms with E-state index < -0.39 is 0 Å². The van der Waals surface area contributed by atoms with E-state index in [1.165, 1.54) is 0 Å². The third-order valence-corrected chi connectivity index (χ3v) is 2.60. The van der Waals surface area contributed by atoms with Crippen molar-refractivity contribution in [2.45, 2.75) is 6.61 Å². The Morgan fingerprint density at radius 3 is 2.53 bits per heavy atom. The monoisotopic (exact) mass is 259 g/mol. The first-order chi connectivity index (χ1) is 9.29. The van der Waals surface area contributed by atoms with Crippen molar-refractivity contribution in [2.24, 2.45) is 0 Å². The van der Waals surface area contributed by atoms with E-state index in [2.05, 4.69) is 0 Å². The highest BCUT2D eigenvalue weighted by atomic mass is 16.7. The molecular weight excluding hydrogens is 242 g/mol. The molecule has 0 unspecified atom stereocenters. The van der Waals surface area contributed by atoms with Gasteiger partial charge in [-0.05, 0) is 17.7 Å². The molecule has 0 saturated carbocycles. The van der Waals surface area contributed by atoms with Gasteiger partial charge in [-0.15, -0.1) is 0 Å². The van der Waals surface area contributed by atoms with E-state index in [0.717, 1.165) is 5.56 Å². The fraction of sp³-hybridized carbons (Fsp3) is 0.200. The number of nitrogen functional groups attached to an aromatic ring is 1. The molecule has 4 nitrogen and oxygen atoms in total. The van der Waals surface area contributed by atoms with E-state index >= 15 is 0 Å². The first kappa shape index (κ1) is 13.2. The van der Waals surface area contributed by atoms with Crippen LogP contribution in [0.25, 0.3) is 0 Å². The predicted octanol–water partition coefficient (Wildman–Crippen LogP) is 2.83. The highest BCUT2D eigenvalue weighted by molar-refractivity contribution is 5.51. The standard InChI is InChI=1S/C15H17NO3/c1-17-15-9-13(16)7-8-14(15)19-11-18-10-12-5-3-2-4-6-12/h2-9H,10-11,16H2,1H3. The second kappa shape index (κ2) is 6.66. The van der Waals surface area contributed by atoms with Crippen molar-refractivity contribution >= 4 is 5.69 Å². The largest absolute Gasteiger partial charge is 0.493 e. The zero-order chi connectivity index (χ0) is 13.5. The number of hydrogen-bond acceptors (Lipinski definition) is 4. The second-order valence-corrected chi connectivity index (χ2v) is 4.01. The van der Waals surface area contributed by atoms with E-state index in [-0.39, 0.29) is 6.79 Å². The van der Waals surface area contributed by atoms with E-state index in [4.69, 9.17) is 19.9 Å². The summed E-state index contributed by atoms with van der Waals surface area (Å²) in [6, 6.07) is 15.2. The number of nitrogens with two attached hydrogens (primary N) is 1. The topological polar surface area (TPSA) is 53.7 Å². The highest BCUT2D eigenvalue weighted by Gasteiger charge is 2.04. The van der Waals surface area contributed by atoms with Gasteiger partial charge in [-0.25, -0.2) is 0 Å². The Labute approximate surface area is 112 Å². The fourth-order valence-corrected chi connectivity index (χ4v) is 1.64. The molecule has 2 aromatic rings. The molecule has 0 aromatic heterocycles. The van der Waals surface area contributed by atoms with Crippen molar-refractivity contribution in [3.05, 3.63) is 54.1 Å². The van der Waals surface area contributed by atoms with Gasteiger partial charge in [0.15, 0.2) is 18.3 Å². The molecule has 2 N–H and O–H groups in total. The summed E-state index contributed by atoms with van der Waals surface area (Å²) in [7, 11) is 1.58. The molecule has 2 rings (SSSR count). The zero-order valence-corrected chi connectivity index (χ0v) is 10.8. The summed E-state index contributed by atoms with van der Waals surface area (Å²) in [5, 5.41) is 0. The summed E-state index contributed by atoms with van der Waals surface area (Å²) >= 11 is 0. The average molecular weight is 259 g/mol. The molecule has 2 aromatic carbocycles. The van der Waals surface area contributed by atoms with Gasteiger partial charge < -0.3 is 19.9 Å². The van der Waals surface area contributed by atoms with Crippen LogP contribution in [0, 0.1) is 0 Å². The van der Waals surface area contributed by atoms with Crippen LogP contribution in [0.2, 0.25) is 0 Å². The molecule has 0 aliphatic rings. The first-order valence-electron chi connectivity index (χ1n) is 5.97. The van der Waals surface area contributed by atoms with Gasteiger partial charge in [-0.2, -0.15) is 0 Å². The molecule has 0 radical (unpaired) electrons. The van der Waals surface area contributed by atoms with E-state index in [1.807, 2.05) is 30.3 Å². The first-order valence-corrected chi connectivity index (χ1v) is 5.97. The van der Waals surface area contributed by atoms with E-state index in [0.29, 0.717) is 23.8 Å². The Balaban J connectivity index is 1.83. The van der Waals surface area contributed by atoms with Crippen LogP contribution in [0.3, 0.4) is 0 Å². The maximum atomic E-state index is 5.67. The molecule has 0 heterocycles. The van der Waals surface area contributed by atoms with Gasteiger partial charge >= 0.3 is 0 Å². The third kappa shape index (κ3) is 3.89. The van der Waals surface area contributed by atoms with Crippen LogP contribution in [-0.4, -0.2) is 13.9 Å². The molecule has 0 atom stereocenters. The van der Waals surface area contributed by atoms with E-state index in [9.17, 15) is 0 Å². The van der Waals surface area contributed by atoms with Gasteiger partial charge in [0.25, 0.3) is 0 Å². The molecule has 0 aliphatic heterocycles. The van der Waals surface area contributed by atoms with Crippen LogP contribution in [0.15, 0.2) is 48.5 Å². The Bertz CT molecular complexity index is 514. The molecule has 0 saturated heterocycles. The zero-order valence-electron chi connectivity index (χ0n) is 10.8. The lowest BCUT2D eigenvalue weighted by Gasteiger charge is -2.11. The lowest BCUT2D eigenvalue weighted by molar-refractivity contribution is 0.00377. The molecule has 0 bridgehead atoms. The maximum Gasteiger partial charge on any atom is 0.189 e. The van der Waals surface area contributed by atoms with Gasteiger partial charge in [0.2, 0.25) is 0 Å². The molecule has 0 aliphatic carbocycles. The number of rotatable bonds is 6. The van der Waals surface area contributed by atoms with Crippen molar-refractivity contribution in [3.63, 3.8) is 0 Å². The van der Waals surface area contributed by atoms with Gasteiger partial charge in [0.05, 0.1) is 13.7 Å². The summed E-state index contributed by atoms with van der Waals surface area (Å²) in [6.45, 7) is 0.674. The minimum Gasteiger partial charge on any atom is -0.493 e. The lowest BCUT2D eigenvalue weighted by atomic mass is 10.2. The van der Waals surface area contributed by atoms with Crippen LogP contribution >= 0.6 is 0 Å². The van der Waals surface area contributed by atoms with Crippen LogP contribution < -0.4 is 15.2 Å². The van der Waals surface area contributed by atoms with Crippen LogP contribution in [0.1, 0.15) is 5.56 Å². The van der Waals surface area contributed by atoms with Gasteiger partial charge in [-0.3, -0.25) is 0 Å². The van der Waals surface area contributed by atoms with Gasteiger partial charge in [0, 0.05) is 11.8 Å². The highest BCUT2D eigenvalue weighted by Crippen LogP contribution is 2.28. The number of ether oxygens (including phenoxy) is 3. The number of methoxy groups -OCH3 is 1. The quantitative estimate of drug-likeness (QED) is 0.492. The molecule has 100 valence electrons. The van der Waals surface area contributed by atoms with Crippen molar-refractivity contribution in [3.8, 4) is 11.5 Å². The van der Waals surface area contributed by atoms with Gasteiger partial charge in [-0.1, -0.05) is 30.3 Å². The number of benzene rings is 2. The van der Waals surface area contributed by atoms with Crippen molar-refractivity contribution in [2.75, 3.05) is 19.6 Å². The Morgan fingerprint density at radius 2 is 1.79 bits per heavy atom. The molecule has 0 fully saturated rings. The molecule has 0 amide bonds. The Kier molecular flexibility index (Phi) is 4.64. The van der Waals surface area contributed by atoms with E-state index in [1.54, 1.807) is 25.3 Å². The molecule has 19 heavy (non-hydrogen) atoms. The van der Waals surface area contributed by atoms with Crippen molar-refractivity contribution in [1.29, 1.82) is 0 Å².